The van der Waals surface area contributed by atoms with Gasteiger partial charge in [-0.25, -0.2) is 9.97 Å². The number of nitrogens with one attached hydrogen (secondary N) is 2. The summed E-state index contributed by atoms with van der Waals surface area (Å²) in [5, 5.41) is 5.60. The Hall–Kier alpha value is -4.75. The number of aliphatic imine (C=N–C) groups is 1. The van der Waals surface area contributed by atoms with Gasteiger partial charge >= 0.3 is 5.97 Å². The van der Waals surface area contributed by atoms with Crippen LogP contribution in [0, 0.1) is 5.92 Å². The van der Waals surface area contributed by atoms with Gasteiger partial charge in [-0.1, -0.05) is 60.1 Å². The van der Waals surface area contributed by atoms with Crippen molar-refractivity contribution in [2.45, 2.75) is 57.8 Å². The first-order chi connectivity index (χ1) is 23.0. The fourth-order valence-electron chi connectivity index (χ4n) is 5.05. The number of unbranched alkanes of at least 4 members (excludes halogenated alkanes) is 1. The van der Waals surface area contributed by atoms with E-state index in [9.17, 15) is 14.4 Å². The number of nitrogens with zero attached hydrogens (tertiary/aromatic N) is 3. The van der Waals surface area contributed by atoms with Gasteiger partial charge in [0.15, 0.2) is 28.4 Å². The lowest BCUT2D eigenvalue weighted by Crippen LogP contribution is -2.38. The van der Waals surface area contributed by atoms with Crippen LogP contribution in [0.25, 0.3) is 11.1 Å². The van der Waals surface area contributed by atoms with Crippen LogP contribution < -0.4 is 33.6 Å². The van der Waals surface area contributed by atoms with Gasteiger partial charge in [-0.05, 0) is 86.2 Å². The number of benzene rings is 2. The van der Waals surface area contributed by atoms with Crippen molar-refractivity contribution in [1.82, 2.24) is 20.6 Å². The Morgan fingerprint density at radius 3 is 2.08 bits per heavy atom. The minimum atomic E-state index is -0.663. The molecule has 1 saturated heterocycles. The normalized spacial score (nSPS) is 13.2. The number of ether oxygens (including phenoxy) is 1. The Morgan fingerprint density at radius 1 is 0.896 bits per heavy atom. The molecule has 4 rings (SSSR count). The summed E-state index contributed by atoms with van der Waals surface area (Å²) < 4.78 is 4.59. The molecule has 0 atom stereocenters. The number of carbonyl (C=O) groups excluding carboxylic acids is 3. The van der Waals surface area contributed by atoms with Gasteiger partial charge in [0, 0.05) is 19.4 Å². The molecule has 0 aliphatic carbocycles. The third-order valence-corrected chi connectivity index (χ3v) is 8.14. The number of piperidine rings is 1. The number of hydrogen-bond donors (Lipinski definition) is 6. The van der Waals surface area contributed by atoms with Crippen molar-refractivity contribution >= 4 is 47.0 Å². The monoisotopic (exact) mass is 679 g/mol. The number of halogens is 1. The topological polar surface area (TPSA) is 227 Å². The number of nitrogens with two attached hydrogens (primary N) is 4. The summed E-state index contributed by atoms with van der Waals surface area (Å²) in [5.74, 6) is -0.556. The highest BCUT2D eigenvalue weighted by molar-refractivity contribution is 6.31. The van der Waals surface area contributed by atoms with E-state index in [1.54, 1.807) is 0 Å². The molecule has 0 spiro atoms. The summed E-state index contributed by atoms with van der Waals surface area (Å²) in [6.07, 6.45) is 7.58. The Kier molecular flexibility index (Phi) is 15.6. The molecule has 14 heteroatoms. The van der Waals surface area contributed by atoms with Crippen LogP contribution in [0.3, 0.4) is 0 Å². The number of primary amides is 1. The molecule has 0 unspecified atom stereocenters. The largest absolute Gasteiger partial charge is 0.469 e. The van der Waals surface area contributed by atoms with Crippen molar-refractivity contribution in [3.05, 3.63) is 70.5 Å². The zero-order valence-electron chi connectivity index (χ0n) is 27.3. The number of nitrogen functional groups attached to an aromatic ring is 2. The first-order valence-electron chi connectivity index (χ1n) is 16.0. The van der Waals surface area contributed by atoms with E-state index >= 15 is 0 Å². The van der Waals surface area contributed by atoms with Gasteiger partial charge in [-0.3, -0.25) is 24.7 Å². The number of carbonyl (C=O) groups is 3. The standard InChI is InChI=1S/C25H29ClN8O2.C9H17NO2/c26-21-23(29)33-22(28)20(32-21)24(36)34-25(30)31-14-2-1-3-15-4-9-17(10-5-15)18-11-6-16(7-12-18)8-13-19(27)35;1-12-9(11)3-2-8-4-6-10-7-5-8/h4-7,9-12H,1-3,8,13-14H2,(H2,27,35)(H4,28,29,33)(H3,30,31,34,36);8,10H,2-7H2,1H3. The van der Waals surface area contributed by atoms with Crippen molar-refractivity contribution in [2.75, 3.05) is 38.2 Å². The number of amides is 2. The lowest BCUT2D eigenvalue weighted by atomic mass is 9.93. The third kappa shape index (κ3) is 13.2. The molecule has 3 aromatic rings. The zero-order chi connectivity index (χ0) is 34.9. The Bertz CT molecular complexity index is 1530. The minimum Gasteiger partial charge on any atom is -0.469 e. The number of methoxy groups -OCH3 is 1. The number of hydrogen-bond acceptors (Lipinski definition) is 10. The molecule has 10 N–H and O–H groups in total. The van der Waals surface area contributed by atoms with Crippen LogP contribution in [-0.4, -0.2) is 60.5 Å². The molecule has 13 nitrogen and oxygen atoms in total. The van der Waals surface area contributed by atoms with Gasteiger partial charge in [0.2, 0.25) is 5.91 Å². The van der Waals surface area contributed by atoms with Crippen molar-refractivity contribution in [3.8, 4) is 11.1 Å². The molecule has 2 amide bonds. The van der Waals surface area contributed by atoms with Gasteiger partial charge in [-0.15, -0.1) is 0 Å². The van der Waals surface area contributed by atoms with Crippen molar-refractivity contribution in [1.29, 1.82) is 0 Å². The fourth-order valence-corrected chi connectivity index (χ4v) is 5.18. The van der Waals surface area contributed by atoms with Gasteiger partial charge < -0.3 is 33.0 Å². The van der Waals surface area contributed by atoms with E-state index in [1.807, 2.05) is 12.1 Å². The Labute approximate surface area is 286 Å². The molecule has 0 bridgehead atoms. The molecule has 1 aliphatic rings. The molecule has 0 radical (unpaired) electrons. The van der Waals surface area contributed by atoms with Crippen molar-refractivity contribution < 1.29 is 19.1 Å². The van der Waals surface area contributed by atoms with E-state index in [2.05, 4.69) is 66.7 Å². The first-order valence-corrected chi connectivity index (χ1v) is 16.4. The Balaban J connectivity index is 0.000000437. The van der Waals surface area contributed by atoms with Crippen LogP contribution in [0.1, 0.15) is 66.6 Å². The Morgan fingerprint density at radius 2 is 1.50 bits per heavy atom. The first kappa shape index (κ1) is 37.7. The van der Waals surface area contributed by atoms with Gasteiger partial charge in [-0.2, -0.15) is 0 Å². The molecular formula is C34H46ClN9O4. The molecule has 1 fully saturated rings. The lowest BCUT2D eigenvalue weighted by molar-refractivity contribution is -0.141. The highest BCUT2D eigenvalue weighted by Gasteiger charge is 2.17. The number of rotatable bonds is 13. The molecular weight excluding hydrogens is 634 g/mol. The maximum Gasteiger partial charge on any atom is 0.305 e. The van der Waals surface area contributed by atoms with Crippen LogP contribution in [0.15, 0.2) is 53.5 Å². The van der Waals surface area contributed by atoms with E-state index in [-0.39, 0.29) is 40.3 Å². The number of guanidine groups is 1. The summed E-state index contributed by atoms with van der Waals surface area (Å²) in [7, 11) is 1.45. The van der Waals surface area contributed by atoms with Gasteiger partial charge in [0.25, 0.3) is 5.91 Å². The van der Waals surface area contributed by atoms with E-state index in [1.165, 1.54) is 25.5 Å². The average Bonchev–Trinajstić information content (AvgIpc) is 3.09. The second kappa shape index (κ2) is 19.8. The van der Waals surface area contributed by atoms with E-state index in [0.717, 1.165) is 61.4 Å². The van der Waals surface area contributed by atoms with Gasteiger partial charge in [0.05, 0.1) is 7.11 Å². The molecule has 48 heavy (non-hydrogen) atoms. The number of aryl methyl sites for hydroxylation is 2. The average molecular weight is 680 g/mol. The second-order valence-electron chi connectivity index (χ2n) is 11.5. The summed E-state index contributed by atoms with van der Waals surface area (Å²) in [5.41, 5.74) is 26.5. The van der Waals surface area contributed by atoms with Gasteiger partial charge in [0.1, 0.15) is 0 Å². The van der Waals surface area contributed by atoms with Crippen molar-refractivity contribution in [3.63, 3.8) is 0 Å². The predicted octanol–water partition coefficient (Wildman–Crippen LogP) is 3.39. The fraction of sp³-hybridized carbons (Fsp3) is 0.412. The number of aromatic nitrogens is 2. The smallest absolute Gasteiger partial charge is 0.305 e. The van der Waals surface area contributed by atoms with Crippen LogP contribution in [-0.2, 0) is 27.2 Å². The molecule has 258 valence electrons. The van der Waals surface area contributed by atoms with E-state index in [0.29, 0.717) is 25.8 Å². The molecule has 1 aliphatic heterocycles. The van der Waals surface area contributed by atoms with Crippen LogP contribution in [0.5, 0.6) is 0 Å². The van der Waals surface area contributed by atoms with Crippen molar-refractivity contribution in [2.24, 2.45) is 22.4 Å². The zero-order valence-corrected chi connectivity index (χ0v) is 28.1. The summed E-state index contributed by atoms with van der Waals surface area (Å²) in [6, 6.07) is 16.6. The van der Waals surface area contributed by atoms with E-state index in [4.69, 9.17) is 34.5 Å². The summed E-state index contributed by atoms with van der Waals surface area (Å²) in [6.45, 7) is 2.66. The molecule has 2 heterocycles. The predicted molar refractivity (Wildman–Crippen MR) is 189 cm³/mol. The quantitative estimate of drug-likeness (QED) is 0.0668. The summed E-state index contributed by atoms with van der Waals surface area (Å²) in [4.78, 5) is 45.7. The minimum absolute atomic E-state index is 0.0425. The van der Waals surface area contributed by atoms with Crippen LogP contribution in [0.4, 0.5) is 11.6 Å². The van der Waals surface area contributed by atoms with E-state index < -0.39 is 5.91 Å². The lowest BCUT2D eigenvalue weighted by Gasteiger charge is -2.21. The third-order valence-electron chi connectivity index (χ3n) is 7.86. The number of anilines is 2. The van der Waals surface area contributed by atoms with Crippen LogP contribution >= 0.6 is 11.6 Å². The molecule has 0 saturated carbocycles. The second-order valence-corrected chi connectivity index (χ2v) is 11.8. The SMILES string of the molecule is COC(=O)CCC1CCNCC1.NC(=O)CCc1ccc(-c2ccc(CCCCN=C(N)NC(=O)c3nc(Cl)c(N)nc3N)cc2)cc1. The van der Waals surface area contributed by atoms with Crippen LogP contribution in [0.2, 0.25) is 5.15 Å². The maximum atomic E-state index is 12.2. The highest BCUT2D eigenvalue weighted by Crippen LogP contribution is 2.22. The summed E-state index contributed by atoms with van der Waals surface area (Å²) >= 11 is 5.79. The highest BCUT2D eigenvalue weighted by atomic mass is 35.5. The maximum absolute atomic E-state index is 12.2. The molecule has 2 aromatic carbocycles. The number of esters is 1. The molecule has 1 aromatic heterocycles.